The number of nitrogens with one attached hydrogen (secondary N) is 2. The van der Waals surface area contributed by atoms with Crippen LogP contribution in [0.5, 0.6) is 11.5 Å². The van der Waals surface area contributed by atoms with Crippen LogP contribution in [0.25, 0.3) is 20.2 Å². The molecule has 2 amide bonds. The third kappa shape index (κ3) is 13.8. The Balaban J connectivity index is 0.000000284. The van der Waals surface area contributed by atoms with E-state index < -0.39 is 28.2 Å². The number of fused-ring (bicyclic) bond motifs is 2. The number of carbonyl (C=O) groups excluding carboxylic acids is 4. The summed E-state index contributed by atoms with van der Waals surface area (Å²) in [7, 11) is 1.31. The van der Waals surface area contributed by atoms with Gasteiger partial charge < -0.3 is 35.1 Å². The second-order valence-electron chi connectivity index (χ2n) is 21.9. The minimum Gasteiger partial charge on any atom is -0.490 e. The Kier molecular flexibility index (Phi) is 20.6. The van der Waals surface area contributed by atoms with E-state index in [4.69, 9.17) is 14.2 Å². The SMILES string of the molecule is CCC(O)(CC)COc1ccc(C(CC)(CC)c2cc3ccc(C(=O)NC(C)(C)C(=O)OC)cc3s2)cc1C.CCC(O)(CC)COc1ccc(C(CC)(CC)c2cc3ccc(C(=O)NC(C)(C)C(C)=O)cc3s2)cc1C. The number of benzene rings is 4. The van der Waals surface area contributed by atoms with Crippen LogP contribution in [0.2, 0.25) is 0 Å². The summed E-state index contributed by atoms with van der Waals surface area (Å²) in [6, 6.07) is 28.7. The molecule has 11 nitrogen and oxygen atoms in total. The fourth-order valence-corrected chi connectivity index (χ4v) is 12.7. The number of Topliss-reactive ketones (excluding diaryl/α,β-unsaturated/α-hetero) is 1. The van der Waals surface area contributed by atoms with Gasteiger partial charge >= 0.3 is 5.97 Å². The van der Waals surface area contributed by atoms with Crippen molar-refractivity contribution >= 4 is 66.4 Å². The zero-order valence-corrected chi connectivity index (χ0v) is 50.4. The van der Waals surface area contributed by atoms with Crippen LogP contribution >= 0.6 is 22.7 Å². The van der Waals surface area contributed by atoms with Gasteiger partial charge in [0.1, 0.15) is 30.3 Å². The van der Waals surface area contributed by atoms with Crippen molar-refractivity contribution in [2.45, 2.75) is 188 Å². The zero-order valence-electron chi connectivity index (χ0n) is 48.7. The molecule has 0 radical (unpaired) electrons. The van der Waals surface area contributed by atoms with E-state index in [9.17, 15) is 29.4 Å². The molecule has 6 rings (SSSR count). The first-order chi connectivity index (χ1) is 36.2. The van der Waals surface area contributed by atoms with Gasteiger partial charge in [0.25, 0.3) is 11.8 Å². The molecule has 0 aliphatic carbocycles. The second-order valence-corrected chi connectivity index (χ2v) is 24.1. The lowest BCUT2D eigenvalue weighted by Gasteiger charge is -2.32. The summed E-state index contributed by atoms with van der Waals surface area (Å²) in [5, 5.41) is 29.1. The quantitative estimate of drug-likeness (QED) is 0.0433. The first kappa shape index (κ1) is 62.2. The van der Waals surface area contributed by atoms with Crippen LogP contribution in [-0.4, -0.2) is 76.4 Å². The van der Waals surface area contributed by atoms with Crippen LogP contribution in [-0.2, 0) is 25.2 Å². The van der Waals surface area contributed by atoms with Gasteiger partial charge in [0, 0.05) is 41.1 Å². The Labute approximate surface area is 466 Å². The van der Waals surface area contributed by atoms with E-state index in [1.165, 1.54) is 34.9 Å². The predicted octanol–water partition coefficient (Wildman–Crippen LogP) is 14.3. The molecule has 4 aromatic carbocycles. The first-order valence-electron chi connectivity index (χ1n) is 27.5. The maximum atomic E-state index is 12.9. The molecule has 0 aliphatic heterocycles. The third-order valence-corrected chi connectivity index (χ3v) is 19.0. The van der Waals surface area contributed by atoms with E-state index in [1.807, 2.05) is 70.2 Å². The van der Waals surface area contributed by atoms with Gasteiger partial charge in [0.15, 0.2) is 5.78 Å². The number of rotatable bonds is 24. The van der Waals surface area contributed by atoms with Crippen molar-refractivity contribution in [3.63, 3.8) is 0 Å². The summed E-state index contributed by atoms with van der Waals surface area (Å²) in [4.78, 5) is 52.2. The molecular weight excluding hydrogens is 1000 g/mol. The Hall–Kier alpha value is -5.60. The molecule has 77 heavy (non-hydrogen) atoms. The lowest BCUT2D eigenvalue weighted by atomic mass is 9.74. The topological polar surface area (TPSA) is 160 Å². The molecule has 4 N–H and O–H groups in total. The maximum Gasteiger partial charge on any atom is 0.330 e. The minimum atomic E-state index is -1.12. The van der Waals surface area contributed by atoms with Gasteiger partial charge in [0.2, 0.25) is 0 Å². The number of thiophene rings is 2. The first-order valence-corrected chi connectivity index (χ1v) is 29.1. The van der Waals surface area contributed by atoms with E-state index in [0.717, 1.165) is 68.5 Å². The van der Waals surface area contributed by atoms with Crippen molar-refractivity contribution in [2.24, 2.45) is 0 Å². The maximum absolute atomic E-state index is 12.9. The molecule has 0 saturated heterocycles. The number of amides is 2. The van der Waals surface area contributed by atoms with Gasteiger partial charge in [0.05, 0.1) is 23.9 Å². The molecule has 2 aromatic heterocycles. The highest BCUT2D eigenvalue weighted by molar-refractivity contribution is 7.19. The monoisotopic (exact) mass is 1090 g/mol. The average Bonchev–Trinajstić information content (AvgIpc) is 4.07. The normalized spacial score (nSPS) is 12.5. The van der Waals surface area contributed by atoms with E-state index in [2.05, 4.69) is 88.6 Å². The molecule has 0 bridgehead atoms. The van der Waals surface area contributed by atoms with Gasteiger partial charge in [-0.15, -0.1) is 22.7 Å². The van der Waals surface area contributed by atoms with Crippen molar-refractivity contribution in [2.75, 3.05) is 20.3 Å². The molecule has 13 heteroatoms. The standard InChI is InChI=1S/C32H43NO5S.C32H43NO4S/c1-9-31(36,10-2)20-38-25-16-15-24(17-21(25)5)32(11-3,12-4)27-19-22-13-14-23(18-26(22)39-27)28(34)33-30(6,7)29(35)37-8;1-9-31(36,10-2)20-37-26-16-15-25(17-21(26)5)32(11-3,12-4)28-19-23-13-14-24(18-27(23)38-28)29(35)33-30(7,8)22(6)34/h13-19,36H,9-12,20H2,1-8H3,(H,33,34);13-19,36H,9-12,20H2,1-8H3,(H,33,35). The largest absolute Gasteiger partial charge is 0.490 e. The molecule has 2 heterocycles. The molecular formula is C64H86N2O9S2. The highest BCUT2D eigenvalue weighted by Gasteiger charge is 2.36. The molecule has 0 aliphatic rings. The van der Waals surface area contributed by atoms with Crippen molar-refractivity contribution in [1.29, 1.82) is 0 Å². The van der Waals surface area contributed by atoms with Gasteiger partial charge in [-0.1, -0.05) is 91.8 Å². The lowest BCUT2D eigenvalue weighted by molar-refractivity contribution is -0.146. The smallest absolute Gasteiger partial charge is 0.330 e. The number of hydrogen-bond acceptors (Lipinski definition) is 11. The number of aryl methyl sites for hydroxylation is 2. The Morgan fingerprint density at radius 3 is 1.18 bits per heavy atom. The van der Waals surface area contributed by atoms with Crippen LogP contribution in [0.3, 0.4) is 0 Å². The van der Waals surface area contributed by atoms with E-state index in [1.54, 1.807) is 56.4 Å². The van der Waals surface area contributed by atoms with Gasteiger partial charge in [-0.2, -0.15) is 0 Å². The fourth-order valence-electron chi connectivity index (χ4n) is 9.77. The van der Waals surface area contributed by atoms with Gasteiger partial charge in [-0.25, -0.2) is 4.79 Å². The van der Waals surface area contributed by atoms with Gasteiger partial charge in [-0.05, 0) is 181 Å². The molecule has 0 fully saturated rings. The number of carbonyl (C=O) groups is 4. The number of aliphatic hydroxyl groups is 2. The Bertz CT molecular complexity index is 3020. The van der Waals surface area contributed by atoms with Crippen molar-refractivity contribution < 1.29 is 43.6 Å². The number of ether oxygens (including phenoxy) is 3. The minimum absolute atomic E-state index is 0.0841. The van der Waals surface area contributed by atoms with E-state index >= 15 is 0 Å². The Morgan fingerprint density at radius 2 is 0.870 bits per heavy atom. The third-order valence-electron chi connectivity index (χ3n) is 16.4. The summed E-state index contributed by atoms with van der Waals surface area (Å²) in [6.45, 7) is 29.6. The highest BCUT2D eigenvalue weighted by Crippen LogP contribution is 2.47. The van der Waals surface area contributed by atoms with Crippen molar-refractivity contribution in [1.82, 2.24) is 10.6 Å². The predicted molar refractivity (Wildman–Crippen MR) is 317 cm³/mol. The second kappa shape index (κ2) is 25.5. The van der Waals surface area contributed by atoms with E-state index in [-0.39, 0.29) is 41.6 Å². The molecule has 418 valence electrons. The number of methoxy groups -OCH3 is 1. The Morgan fingerprint density at radius 1 is 0.506 bits per heavy atom. The molecule has 0 atom stereocenters. The highest BCUT2D eigenvalue weighted by atomic mass is 32.1. The molecule has 0 spiro atoms. The lowest BCUT2D eigenvalue weighted by Crippen LogP contribution is -2.50. The fraction of sp³-hybridized carbons (Fsp3) is 0.500. The summed E-state index contributed by atoms with van der Waals surface area (Å²) < 4.78 is 19.0. The summed E-state index contributed by atoms with van der Waals surface area (Å²) in [6.07, 6.45) is 6.30. The molecule has 0 unspecified atom stereocenters. The molecule has 6 aromatic rings. The molecule has 0 saturated carbocycles. The van der Waals surface area contributed by atoms with Gasteiger partial charge in [-0.3, -0.25) is 14.4 Å². The van der Waals surface area contributed by atoms with Crippen molar-refractivity contribution in [3.05, 3.63) is 128 Å². The van der Waals surface area contributed by atoms with Crippen LogP contribution in [0.1, 0.15) is 194 Å². The average molecular weight is 1090 g/mol. The number of ketones is 1. The van der Waals surface area contributed by atoms with Crippen LogP contribution in [0, 0.1) is 13.8 Å². The summed E-state index contributed by atoms with van der Waals surface area (Å²) in [5.74, 6) is 0.452. The van der Waals surface area contributed by atoms with E-state index in [0.29, 0.717) is 36.8 Å². The van der Waals surface area contributed by atoms with Crippen LogP contribution < -0.4 is 20.1 Å². The summed E-state index contributed by atoms with van der Waals surface area (Å²) in [5.41, 5.74) is 1.60. The van der Waals surface area contributed by atoms with Crippen LogP contribution in [0.4, 0.5) is 0 Å². The zero-order chi connectivity index (χ0) is 57.3. The number of esters is 1. The van der Waals surface area contributed by atoms with Crippen molar-refractivity contribution in [3.8, 4) is 11.5 Å². The summed E-state index contributed by atoms with van der Waals surface area (Å²) >= 11 is 3.42. The van der Waals surface area contributed by atoms with Crippen LogP contribution in [0.15, 0.2) is 84.9 Å². The number of hydrogen-bond donors (Lipinski definition) is 4.